The number of rotatable bonds is 2. The molecule has 0 unspecified atom stereocenters. The minimum atomic E-state index is -0.971. The van der Waals surface area contributed by atoms with Gasteiger partial charge in [0.2, 0.25) is 5.89 Å². The minimum Gasteiger partial charge on any atom is -0.477 e. The summed E-state index contributed by atoms with van der Waals surface area (Å²) in [6.07, 6.45) is 0.663. The van der Waals surface area contributed by atoms with Gasteiger partial charge >= 0.3 is 5.97 Å². The van der Waals surface area contributed by atoms with Gasteiger partial charge in [0.25, 0.3) is 5.95 Å². The number of aromatic nitrogens is 4. The summed E-state index contributed by atoms with van der Waals surface area (Å²) in [4.78, 5) is 17.8. The zero-order valence-corrected chi connectivity index (χ0v) is 13.1. The Morgan fingerprint density at radius 3 is 2.68 bits per heavy atom. The van der Waals surface area contributed by atoms with Crippen LogP contribution >= 0.6 is 0 Å². The molecule has 0 spiro atoms. The van der Waals surface area contributed by atoms with Crippen molar-refractivity contribution in [3.05, 3.63) is 22.8 Å². The third kappa shape index (κ3) is 2.34. The summed E-state index contributed by atoms with van der Waals surface area (Å²) in [5.74, 6) is 0.0929. The van der Waals surface area contributed by atoms with E-state index in [1.807, 2.05) is 25.7 Å². The zero-order chi connectivity index (χ0) is 16.1. The number of fused-ring (bicyclic) bond motifs is 1. The Bertz CT molecular complexity index is 725. The molecule has 0 saturated heterocycles. The van der Waals surface area contributed by atoms with Crippen LogP contribution in [0.4, 0.5) is 5.95 Å². The summed E-state index contributed by atoms with van der Waals surface area (Å²) in [5, 5.41) is 17.7. The summed E-state index contributed by atoms with van der Waals surface area (Å²) in [6.45, 7) is 7.12. The summed E-state index contributed by atoms with van der Waals surface area (Å²) >= 11 is 0. The second-order valence-corrected chi connectivity index (χ2v) is 6.52. The number of carboxylic acid groups (broad SMARTS) is 1. The highest BCUT2D eigenvalue weighted by Crippen LogP contribution is 2.27. The van der Waals surface area contributed by atoms with Crippen LogP contribution < -0.4 is 4.90 Å². The van der Waals surface area contributed by atoms with Crippen molar-refractivity contribution < 1.29 is 14.4 Å². The van der Waals surface area contributed by atoms with E-state index in [2.05, 4.69) is 15.2 Å². The first kappa shape index (κ1) is 14.6. The van der Waals surface area contributed by atoms with E-state index in [9.17, 15) is 9.90 Å². The molecule has 0 fully saturated rings. The molecule has 2 aromatic rings. The molecule has 8 heteroatoms. The molecule has 8 nitrogen and oxygen atoms in total. The molecular formula is C14H19N5O3. The SMILES string of the molecule is Cn1nc2c(c1C(=O)O)CN(c1noc(C(C)(C)C)n1)CC2. The molecule has 3 rings (SSSR count). The average Bonchev–Trinajstić information content (AvgIpc) is 2.99. The standard InChI is InChI=1S/C14H19N5O3/c1-14(2,3)12-15-13(17-22-12)19-6-5-9-8(7-19)10(11(20)21)18(4)16-9/h5-7H2,1-4H3,(H,20,21). The highest BCUT2D eigenvalue weighted by molar-refractivity contribution is 5.88. The molecule has 0 aliphatic carbocycles. The lowest BCUT2D eigenvalue weighted by molar-refractivity contribution is 0.0683. The first-order valence-electron chi connectivity index (χ1n) is 7.14. The molecule has 1 aliphatic heterocycles. The monoisotopic (exact) mass is 305 g/mol. The molecule has 0 radical (unpaired) electrons. The Morgan fingerprint density at radius 1 is 1.36 bits per heavy atom. The van der Waals surface area contributed by atoms with Gasteiger partial charge in [0.05, 0.1) is 12.2 Å². The second-order valence-electron chi connectivity index (χ2n) is 6.52. The van der Waals surface area contributed by atoms with Crippen molar-refractivity contribution in [2.24, 2.45) is 7.05 Å². The first-order chi connectivity index (χ1) is 10.3. The van der Waals surface area contributed by atoms with Gasteiger partial charge in [-0.25, -0.2) is 4.79 Å². The lowest BCUT2D eigenvalue weighted by Gasteiger charge is -2.24. The smallest absolute Gasteiger partial charge is 0.354 e. The molecule has 0 saturated carbocycles. The van der Waals surface area contributed by atoms with Crippen molar-refractivity contribution in [3.63, 3.8) is 0 Å². The lowest BCUT2D eigenvalue weighted by atomic mass is 9.97. The Balaban J connectivity index is 1.91. The average molecular weight is 305 g/mol. The molecule has 3 heterocycles. The van der Waals surface area contributed by atoms with Gasteiger partial charge in [0.1, 0.15) is 0 Å². The van der Waals surface area contributed by atoms with Crippen molar-refractivity contribution in [2.75, 3.05) is 11.4 Å². The lowest BCUT2D eigenvalue weighted by Crippen LogP contribution is -2.31. The molecular weight excluding hydrogens is 286 g/mol. The summed E-state index contributed by atoms with van der Waals surface area (Å²) in [6, 6.07) is 0. The summed E-state index contributed by atoms with van der Waals surface area (Å²) in [7, 11) is 1.65. The van der Waals surface area contributed by atoms with Crippen LogP contribution in [0.1, 0.15) is 48.4 Å². The van der Waals surface area contributed by atoms with E-state index in [-0.39, 0.29) is 11.1 Å². The topological polar surface area (TPSA) is 97.3 Å². The van der Waals surface area contributed by atoms with Crippen LogP contribution in [0.5, 0.6) is 0 Å². The van der Waals surface area contributed by atoms with E-state index in [1.54, 1.807) is 7.05 Å². The Labute approximate surface area is 127 Å². The molecule has 0 amide bonds. The Hall–Kier alpha value is -2.38. The van der Waals surface area contributed by atoms with Crippen LogP contribution in [-0.2, 0) is 25.4 Å². The number of hydrogen-bond donors (Lipinski definition) is 1. The highest BCUT2D eigenvalue weighted by atomic mass is 16.5. The molecule has 2 aromatic heterocycles. The highest BCUT2D eigenvalue weighted by Gasteiger charge is 2.30. The molecule has 0 aromatic carbocycles. The van der Waals surface area contributed by atoms with Crippen molar-refractivity contribution in [1.82, 2.24) is 19.9 Å². The molecule has 0 atom stereocenters. The zero-order valence-electron chi connectivity index (χ0n) is 13.1. The van der Waals surface area contributed by atoms with E-state index in [4.69, 9.17) is 4.52 Å². The fourth-order valence-electron chi connectivity index (χ4n) is 2.59. The van der Waals surface area contributed by atoms with Crippen molar-refractivity contribution >= 4 is 11.9 Å². The fraction of sp³-hybridized carbons (Fsp3) is 0.571. The predicted molar refractivity (Wildman–Crippen MR) is 77.9 cm³/mol. The number of carbonyl (C=O) groups is 1. The van der Waals surface area contributed by atoms with Gasteiger partial charge in [-0.2, -0.15) is 10.1 Å². The first-order valence-corrected chi connectivity index (χ1v) is 7.14. The number of aromatic carboxylic acids is 1. The van der Waals surface area contributed by atoms with Crippen LogP contribution in [0.25, 0.3) is 0 Å². The van der Waals surface area contributed by atoms with E-state index in [0.29, 0.717) is 31.3 Å². The molecule has 22 heavy (non-hydrogen) atoms. The summed E-state index contributed by atoms with van der Waals surface area (Å²) in [5.41, 5.74) is 1.56. The van der Waals surface area contributed by atoms with Crippen molar-refractivity contribution in [2.45, 2.75) is 39.2 Å². The molecule has 1 aliphatic rings. The number of anilines is 1. The van der Waals surface area contributed by atoms with Gasteiger partial charge in [-0.05, 0) is 5.16 Å². The van der Waals surface area contributed by atoms with E-state index in [1.165, 1.54) is 4.68 Å². The molecule has 0 bridgehead atoms. The number of carboxylic acids is 1. The normalized spacial score (nSPS) is 15.0. The van der Waals surface area contributed by atoms with Crippen molar-refractivity contribution in [3.8, 4) is 0 Å². The van der Waals surface area contributed by atoms with Crippen LogP contribution in [-0.4, -0.2) is 37.5 Å². The molecule has 1 N–H and O–H groups in total. The third-order valence-corrected chi connectivity index (χ3v) is 3.74. The van der Waals surface area contributed by atoms with Crippen LogP contribution in [0.3, 0.4) is 0 Å². The van der Waals surface area contributed by atoms with E-state index in [0.717, 1.165) is 11.3 Å². The maximum atomic E-state index is 11.4. The minimum absolute atomic E-state index is 0.216. The van der Waals surface area contributed by atoms with Crippen LogP contribution in [0.15, 0.2) is 4.52 Å². The largest absolute Gasteiger partial charge is 0.477 e. The Morgan fingerprint density at radius 2 is 2.09 bits per heavy atom. The maximum absolute atomic E-state index is 11.4. The van der Waals surface area contributed by atoms with E-state index >= 15 is 0 Å². The maximum Gasteiger partial charge on any atom is 0.354 e. The Kier molecular flexibility index (Phi) is 3.19. The van der Waals surface area contributed by atoms with Crippen LogP contribution in [0, 0.1) is 0 Å². The van der Waals surface area contributed by atoms with Crippen molar-refractivity contribution in [1.29, 1.82) is 0 Å². The summed E-state index contributed by atoms with van der Waals surface area (Å²) < 4.78 is 6.74. The van der Waals surface area contributed by atoms with Gasteiger partial charge < -0.3 is 14.5 Å². The van der Waals surface area contributed by atoms with Gasteiger partial charge in [0, 0.05) is 31.0 Å². The van der Waals surface area contributed by atoms with Crippen LogP contribution in [0.2, 0.25) is 0 Å². The second kappa shape index (κ2) is 4.82. The number of aryl methyl sites for hydroxylation is 1. The van der Waals surface area contributed by atoms with Gasteiger partial charge in [-0.15, -0.1) is 0 Å². The van der Waals surface area contributed by atoms with E-state index < -0.39 is 5.97 Å². The quantitative estimate of drug-likeness (QED) is 0.894. The van der Waals surface area contributed by atoms with Gasteiger partial charge in [-0.1, -0.05) is 20.8 Å². The number of hydrogen-bond acceptors (Lipinski definition) is 6. The predicted octanol–water partition coefficient (Wildman–Crippen LogP) is 1.36. The molecule has 118 valence electrons. The van der Waals surface area contributed by atoms with Gasteiger partial charge in [0.15, 0.2) is 5.69 Å². The van der Waals surface area contributed by atoms with Gasteiger partial charge in [-0.3, -0.25) is 4.68 Å². The number of nitrogens with zero attached hydrogens (tertiary/aromatic N) is 5. The fourth-order valence-corrected chi connectivity index (χ4v) is 2.59. The third-order valence-electron chi connectivity index (χ3n) is 3.74.